The van der Waals surface area contributed by atoms with E-state index >= 15 is 0 Å². The van der Waals surface area contributed by atoms with E-state index in [4.69, 9.17) is 17.3 Å². The first-order valence-corrected chi connectivity index (χ1v) is 6.57. The van der Waals surface area contributed by atoms with Crippen LogP contribution in [0.15, 0.2) is 29.8 Å². The Hall–Kier alpha value is -1.26. The number of aromatic nitrogens is 1. The molecule has 0 aromatic carbocycles. The number of rotatable bonds is 4. The van der Waals surface area contributed by atoms with Crippen LogP contribution in [0, 0.1) is 0 Å². The monoisotopic (exact) mass is 267 g/mol. The van der Waals surface area contributed by atoms with Crippen LogP contribution in [-0.2, 0) is 6.42 Å². The molecule has 0 atom stereocenters. The summed E-state index contributed by atoms with van der Waals surface area (Å²) in [5.41, 5.74) is 6.20. The Bertz CT molecular complexity index is 485. The summed E-state index contributed by atoms with van der Waals surface area (Å²) < 4.78 is 0. The van der Waals surface area contributed by atoms with Crippen molar-refractivity contribution in [2.75, 3.05) is 24.2 Å². The molecular formula is C12H14ClN3S. The molecule has 2 heterocycles. The molecule has 0 bridgehead atoms. The maximum Gasteiger partial charge on any atom is 0.147 e. The molecule has 0 spiro atoms. The Balaban J connectivity index is 2.01. The van der Waals surface area contributed by atoms with E-state index in [0.29, 0.717) is 10.7 Å². The van der Waals surface area contributed by atoms with E-state index in [-0.39, 0.29) is 0 Å². The molecule has 0 amide bonds. The van der Waals surface area contributed by atoms with Crippen LogP contribution in [0.1, 0.15) is 4.88 Å². The molecule has 2 N–H and O–H groups in total. The van der Waals surface area contributed by atoms with E-state index in [1.165, 1.54) is 4.88 Å². The minimum Gasteiger partial charge on any atom is -0.397 e. The Morgan fingerprint density at radius 3 is 3.00 bits per heavy atom. The number of nitrogens with two attached hydrogens (primary N) is 1. The Morgan fingerprint density at radius 1 is 1.53 bits per heavy atom. The lowest BCUT2D eigenvalue weighted by molar-refractivity contribution is 0.869. The van der Waals surface area contributed by atoms with E-state index in [0.717, 1.165) is 18.8 Å². The summed E-state index contributed by atoms with van der Waals surface area (Å²) >= 11 is 7.87. The molecule has 0 fully saturated rings. The van der Waals surface area contributed by atoms with Gasteiger partial charge in [-0.2, -0.15) is 0 Å². The van der Waals surface area contributed by atoms with E-state index in [1.807, 2.05) is 11.9 Å². The largest absolute Gasteiger partial charge is 0.397 e. The summed E-state index contributed by atoms with van der Waals surface area (Å²) in [6.07, 6.45) is 2.62. The van der Waals surface area contributed by atoms with Crippen molar-refractivity contribution in [2.24, 2.45) is 0 Å². The first-order valence-electron chi connectivity index (χ1n) is 5.31. The zero-order valence-corrected chi connectivity index (χ0v) is 11.1. The molecule has 0 saturated carbocycles. The minimum absolute atomic E-state index is 0.588. The van der Waals surface area contributed by atoms with Gasteiger partial charge in [-0.1, -0.05) is 17.7 Å². The van der Waals surface area contributed by atoms with Crippen LogP contribution >= 0.6 is 22.9 Å². The van der Waals surface area contributed by atoms with Crippen LogP contribution < -0.4 is 10.6 Å². The van der Waals surface area contributed by atoms with E-state index in [2.05, 4.69) is 22.5 Å². The Morgan fingerprint density at radius 2 is 2.35 bits per heavy atom. The third-order valence-corrected chi connectivity index (χ3v) is 3.69. The summed E-state index contributed by atoms with van der Waals surface area (Å²) in [4.78, 5) is 7.66. The van der Waals surface area contributed by atoms with Gasteiger partial charge in [0.15, 0.2) is 0 Å². The lowest BCUT2D eigenvalue weighted by atomic mass is 10.3. The van der Waals surface area contributed by atoms with Gasteiger partial charge in [-0.05, 0) is 23.9 Å². The van der Waals surface area contributed by atoms with Gasteiger partial charge in [0, 0.05) is 18.5 Å². The van der Waals surface area contributed by atoms with Crippen molar-refractivity contribution < 1.29 is 0 Å². The molecular weight excluding hydrogens is 254 g/mol. The average molecular weight is 268 g/mol. The van der Waals surface area contributed by atoms with Gasteiger partial charge < -0.3 is 10.6 Å². The van der Waals surface area contributed by atoms with Gasteiger partial charge in [-0.15, -0.1) is 11.3 Å². The van der Waals surface area contributed by atoms with Crippen LogP contribution in [0.2, 0.25) is 5.02 Å². The number of pyridine rings is 1. The summed E-state index contributed by atoms with van der Waals surface area (Å²) in [6.45, 7) is 0.886. The fourth-order valence-electron chi connectivity index (χ4n) is 1.57. The molecule has 3 nitrogen and oxygen atoms in total. The van der Waals surface area contributed by atoms with Gasteiger partial charge in [0.1, 0.15) is 5.82 Å². The zero-order chi connectivity index (χ0) is 12.3. The predicted molar refractivity (Wildman–Crippen MR) is 75.0 cm³/mol. The van der Waals surface area contributed by atoms with Gasteiger partial charge >= 0.3 is 0 Å². The minimum atomic E-state index is 0.588. The topological polar surface area (TPSA) is 42.2 Å². The lowest BCUT2D eigenvalue weighted by Crippen LogP contribution is -2.21. The third-order valence-electron chi connectivity index (χ3n) is 2.48. The van der Waals surface area contributed by atoms with Gasteiger partial charge in [0.2, 0.25) is 0 Å². The number of hydrogen-bond donors (Lipinski definition) is 1. The van der Waals surface area contributed by atoms with Crippen LogP contribution in [0.25, 0.3) is 0 Å². The van der Waals surface area contributed by atoms with Crippen molar-refractivity contribution in [3.8, 4) is 0 Å². The third kappa shape index (κ3) is 3.11. The summed E-state index contributed by atoms with van der Waals surface area (Å²) in [6, 6.07) is 5.93. The van der Waals surface area contributed by atoms with Gasteiger partial charge in [0.25, 0.3) is 0 Å². The summed E-state index contributed by atoms with van der Waals surface area (Å²) in [7, 11) is 1.98. The van der Waals surface area contributed by atoms with Crippen molar-refractivity contribution in [3.63, 3.8) is 0 Å². The number of thiophene rings is 1. The number of likely N-dealkylation sites (N-methyl/N-ethyl adjacent to an activating group) is 1. The molecule has 0 radical (unpaired) electrons. The number of nitrogen functional groups attached to an aromatic ring is 1. The summed E-state index contributed by atoms with van der Waals surface area (Å²) in [5.74, 6) is 0.775. The highest BCUT2D eigenvalue weighted by Crippen LogP contribution is 2.24. The molecule has 2 aromatic rings. The van der Waals surface area contributed by atoms with E-state index < -0.39 is 0 Å². The molecule has 0 unspecified atom stereocenters. The number of halogens is 1. The number of nitrogens with zero attached hydrogens (tertiary/aromatic N) is 2. The standard InChI is InChI=1S/C12H14ClN3S/c1-16(5-4-10-3-2-6-17-10)12-11(13)7-9(14)8-15-12/h2-3,6-8H,4-5,14H2,1H3. The predicted octanol–water partition coefficient (Wildman–Crippen LogP) is 3.06. The van der Waals surface area contributed by atoms with Gasteiger partial charge in [-0.3, -0.25) is 0 Å². The summed E-state index contributed by atoms with van der Waals surface area (Å²) in [5, 5.41) is 2.68. The molecule has 5 heteroatoms. The van der Waals surface area contributed by atoms with Crippen molar-refractivity contribution in [1.82, 2.24) is 4.98 Å². The van der Waals surface area contributed by atoms with Crippen LogP contribution in [-0.4, -0.2) is 18.6 Å². The fraction of sp³-hybridized carbons (Fsp3) is 0.250. The first-order chi connectivity index (χ1) is 8.16. The second-order valence-corrected chi connectivity index (χ2v) is 5.26. The highest BCUT2D eigenvalue weighted by Gasteiger charge is 2.08. The van der Waals surface area contributed by atoms with Crippen LogP contribution in [0.5, 0.6) is 0 Å². The number of anilines is 2. The highest BCUT2D eigenvalue weighted by molar-refractivity contribution is 7.09. The second kappa shape index (κ2) is 5.38. The first kappa shape index (κ1) is 12.2. The fourth-order valence-corrected chi connectivity index (χ4v) is 2.58. The molecule has 2 aromatic heterocycles. The zero-order valence-electron chi connectivity index (χ0n) is 9.56. The Kier molecular flexibility index (Phi) is 3.86. The second-order valence-electron chi connectivity index (χ2n) is 3.82. The quantitative estimate of drug-likeness (QED) is 0.926. The van der Waals surface area contributed by atoms with Crippen molar-refractivity contribution in [2.45, 2.75) is 6.42 Å². The van der Waals surface area contributed by atoms with Crippen molar-refractivity contribution in [3.05, 3.63) is 39.7 Å². The van der Waals surface area contributed by atoms with E-state index in [9.17, 15) is 0 Å². The average Bonchev–Trinajstić information content (AvgIpc) is 2.78. The smallest absolute Gasteiger partial charge is 0.147 e. The van der Waals surface area contributed by atoms with Crippen LogP contribution in [0.3, 0.4) is 0 Å². The van der Waals surface area contributed by atoms with Crippen molar-refractivity contribution in [1.29, 1.82) is 0 Å². The molecule has 0 aliphatic heterocycles. The number of hydrogen-bond acceptors (Lipinski definition) is 4. The Labute approximate surface area is 110 Å². The van der Waals surface area contributed by atoms with Crippen LogP contribution in [0.4, 0.5) is 11.5 Å². The highest BCUT2D eigenvalue weighted by atomic mass is 35.5. The van der Waals surface area contributed by atoms with Gasteiger partial charge in [0.05, 0.1) is 16.9 Å². The van der Waals surface area contributed by atoms with E-state index in [1.54, 1.807) is 23.6 Å². The maximum atomic E-state index is 6.10. The molecule has 0 saturated heterocycles. The SMILES string of the molecule is CN(CCc1cccs1)c1ncc(N)cc1Cl. The normalized spacial score (nSPS) is 10.5. The molecule has 90 valence electrons. The molecule has 0 aliphatic rings. The molecule has 17 heavy (non-hydrogen) atoms. The van der Waals surface area contributed by atoms with Gasteiger partial charge in [-0.25, -0.2) is 4.98 Å². The van der Waals surface area contributed by atoms with Crippen molar-refractivity contribution >= 4 is 34.4 Å². The molecule has 2 rings (SSSR count). The maximum absolute atomic E-state index is 6.10. The lowest BCUT2D eigenvalue weighted by Gasteiger charge is -2.18. The molecule has 0 aliphatic carbocycles.